The Morgan fingerprint density at radius 2 is 2.00 bits per heavy atom. The van der Waals surface area contributed by atoms with E-state index in [0.717, 1.165) is 17.5 Å². The van der Waals surface area contributed by atoms with Crippen LogP contribution < -0.4 is 10.4 Å². The number of hydrogen-bond donors (Lipinski definition) is 2. The molecule has 1 atom stereocenters. The fourth-order valence-electron chi connectivity index (χ4n) is 4.17. The van der Waals surface area contributed by atoms with Crippen molar-refractivity contribution >= 4 is 17.5 Å². The van der Waals surface area contributed by atoms with E-state index in [2.05, 4.69) is 0 Å². The zero-order valence-corrected chi connectivity index (χ0v) is 14.2. The molecule has 1 aliphatic carbocycles. The highest BCUT2D eigenvalue weighted by Gasteiger charge is 2.48. The smallest absolute Gasteiger partial charge is 0.274 e. The molecule has 1 spiro atoms. The van der Waals surface area contributed by atoms with Gasteiger partial charge in [-0.3, -0.25) is 14.8 Å². The standard InChI is InChI=1S/C20H19FN2O3/c21-16-2-1-3-17(11-16)23-9-8-20(19(23)25)7-6-13-10-14(18(24)22-26)4-5-15(13)12-20/h1-5,10-11,26H,6-9,12H2,(H,22,24)/t20-/m0/s1. The molecule has 1 heterocycles. The van der Waals surface area contributed by atoms with E-state index in [0.29, 0.717) is 37.1 Å². The first-order valence-electron chi connectivity index (χ1n) is 8.66. The summed E-state index contributed by atoms with van der Waals surface area (Å²) < 4.78 is 13.5. The molecule has 2 N–H and O–H groups in total. The summed E-state index contributed by atoms with van der Waals surface area (Å²) in [5.41, 5.74) is 4.28. The van der Waals surface area contributed by atoms with Crippen molar-refractivity contribution in [2.45, 2.75) is 25.7 Å². The number of benzene rings is 2. The predicted molar refractivity (Wildman–Crippen MR) is 93.5 cm³/mol. The van der Waals surface area contributed by atoms with Crippen molar-refractivity contribution < 1.29 is 19.2 Å². The quantitative estimate of drug-likeness (QED) is 0.644. The summed E-state index contributed by atoms with van der Waals surface area (Å²) >= 11 is 0. The van der Waals surface area contributed by atoms with Crippen LogP contribution in [0.1, 0.15) is 34.3 Å². The van der Waals surface area contributed by atoms with Crippen LogP contribution in [0, 0.1) is 11.2 Å². The van der Waals surface area contributed by atoms with Crippen LogP contribution in [0.4, 0.5) is 10.1 Å². The van der Waals surface area contributed by atoms with Crippen molar-refractivity contribution in [2.24, 2.45) is 5.41 Å². The van der Waals surface area contributed by atoms with Gasteiger partial charge in [-0.2, -0.15) is 0 Å². The lowest BCUT2D eigenvalue weighted by Crippen LogP contribution is -2.38. The number of amides is 2. The molecule has 6 heteroatoms. The number of anilines is 1. The number of hydrogen-bond acceptors (Lipinski definition) is 3. The Labute approximate surface area is 150 Å². The van der Waals surface area contributed by atoms with Gasteiger partial charge in [0.2, 0.25) is 5.91 Å². The fraction of sp³-hybridized carbons (Fsp3) is 0.300. The molecule has 4 rings (SSSR count). The highest BCUT2D eigenvalue weighted by atomic mass is 19.1. The van der Waals surface area contributed by atoms with Crippen molar-refractivity contribution in [3.05, 3.63) is 65.0 Å². The molecule has 2 amide bonds. The van der Waals surface area contributed by atoms with E-state index in [9.17, 15) is 14.0 Å². The summed E-state index contributed by atoms with van der Waals surface area (Å²) in [6.45, 7) is 0.586. The minimum absolute atomic E-state index is 0.0472. The van der Waals surface area contributed by atoms with Gasteiger partial charge in [-0.25, -0.2) is 9.87 Å². The van der Waals surface area contributed by atoms with Gasteiger partial charge in [0.05, 0.1) is 5.41 Å². The zero-order valence-electron chi connectivity index (χ0n) is 14.2. The fourth-order valence-corrected chi connectivity index (χ4v) is 4.17. The molecule has 0 saturated carbocycles. The van der Waals surface area contributed by atoms with E-state index in [1.807, 2.05) is 6.07 Å². The molecule has 134 valence electrons. The van der Waals surface area contributed by atoms with Gasteiger partial charge >= 0.3 is 0 Å². The van der Waals surface area contributed by atoms with Crippen LogP contribution in [0.25, 0.3) is 0 Å². The molecule has 0 radical (unpaired) electrons. The Hall–Kier alpha value is -2.73. The van der Waals surface area contributed by atoms with E-state index in [-0.39, 0.29) is 11.7 Å². The van der Waals surface area contributed by atoms with Gasteiger partial charge < -0.3 is 4.90 Å². The molecular formula is C20H19FN2O3. The second-order valence-electron chi connectivity index (χ2n) is 7.07. The topological polar surface area (TPSA) is 69.6 Å². The first-order valence-corrected chi connectivity index (χ1v) is 8.66. The second kappa shape index (κ2) is 6.21. The number of rotatable bonds is 2. The maximum Gasteiger partial charge on any atom is 0.274 e. The Kier molecular flexibility index (Phi) is 4.00. The normalized spacial score (nSPS) is 21.8. The predicted octanol–water partition coefficient (Wildman–Crippen LogP) is 2.86. The summed E-state index contributed by atoms with van der Waals surface area (Å²) in [6.07, 6.45) is 2.76. The molecular weight excluding hydrogens is 335 g/mol. The largest absolute Gasteiger partial charge is 0.312 e. The number of nitrogens with one attached hydrogen (secondary N) is 1. The summed E-state index contributed by atoms with van der Waals surface area (Å²) in [5.74, 6) is -0.840. The van der Waals surface area contributed by atoms with Crippen LogP contribution in [0.2, 0.25) is 0 Å². The lowest BCUT2D eigenvalue weighted by Gasteiger charge is -2.33. The summed E-state index contributed by atoms with van der Waals surface area (Å²) in [4.78, 5) is 26.4. The van der Waals surface area contributed by atoms with Crippen molar-refractivity contribution in [3.63, 3.8) is 0 Å². The van der Waals surface area contributed by atoms with Gasteiger partial charge in [-0.05, 0) is 67.1 Å². The number of carbonyl (C=O) groups excluding carboxylic acids is 2. The minimum atomic E-state index is -0.540. The molecule has 2 aromatic rings. The average Bonchev–Trinajstić information content (AvgIpc) is 2.96. The Balaban J connectivity index is 1.60. The number of nitrogens with zero attached hydrogens (tertiary/aromatic N) is 1. The van der Waals surface area contributed by atoms with Crippen LogP contribution in [-0.4, -0.2) is 23.6 Å². The molecule has 5 nitrogen and oxygen atoms in total. The molecule has 2 aliphatic rings. The van der Waals surface area contributed by atoms with E-state index >= 15 is 0 Å². The monoisotopic (exact) mass is 354 g/mol. The molecule has 1 aliphatic heterocycles. The van der Waals surface area contributed by atoms with Gasteiger partial charge in [0, 0.05) is 17.8 Å². The maximum absolute atomic E-state index is 13.5. The van der Waals surface area contributed by atoms with Crippen LogP contribution in [0.3, 0.4) is 0 Å². The molecule has 2 aromatic carbocycles. The van der Waals surface area contributed by atoms with E-state index in [4.69, 9.17) is 5.21 Å². The third-order valence-electron chi connectivity index (χ3n) is 5.60. The maximum atomic E-state index is 13.5. The minimum Gasteiger partial charge on any atom is -0.312 e. The van der Waals surface area contributed by atoms with E-state index in [1.165, 1.54) is 12.1 Å². The average molecular weight is 354 g/mol. The van der Waals surface area contributed by atoms with Gasteiger partial charge in [-0.15, -0.1) is 0 Å². The number of hydroxylamine groups is 1. The second-order valence-corrected chi connectivity index (χ2v) is 7.07. The van der Waals surface area contributed by atoms with Gasteiger partial charge in [0.15, 0.2) is 0 Å². The molecule has 1 fully saturated rings. The van der Waals surface area contributed by atoms with Crippen LogP contribution >= 0.6 is 0 Å². The summed E-state index contributed by atoms with van der Waals surface area (Å²) in [6, 6.07) is 11.4. The summed E-state index contributed by atoms with van der Waals surface area (Å²) in [7, 11) is 0. The van der Waals surface area contributed by atoms with Crippen LogP contribution in [0.15, 0.2) is 42.5 Å². The van der Waals surface area contributed by atoms with Gasteiger partial charge in [-0.1, -0.05) is 12.1 Å². The number of halogens is 1. The van der Waals surface area contributed by atoms with Gasteiger partial charge in [0.25, 0.3) is 5.91 Å². The van der Waals surface area contributed by atoms with Crippen LogP contribution in [0.5, 0.6) is 0 Å². The Morgan fingerprint density at radius 1 is 1.15 bits per heavy atom. The SMILES string of the molecule is O=C(NO)c1ccc2c(c1)CC[C@]1(CCN(c3cccc(F)c3)C1=O)C2. The van der Waals surface area contributed by atoms with Crippen LogP contribution in [-0.2, 0) is 17.6 Å². The molecule has 26 heavy (non-hydrogen) atoms. The Bertz CT molecular complexity index is 898. The number of aryl methyl sites for hydroxylation is 1. The molecule has 0 aromatic heterocycles. The van der Waals surface area contributed by atoms with Crippen molar-refractivity contribution in [1.29, 1.82) is 0 Å². The Morgan fingerprint density at radius 3 is 2.77 bits per heavy atom. The molecule has 0 unspecified atom stereocenters. The van der Waals surface area contributed by atoms with E-state index < -0.39 is 11.3 Å². The number of carbonyl (C=O) groups is 2. The number of fused-ring (bicyclic) bond motifs is 1. The van der Waals surface area contributed by atoms with Gasteiger partial charge in [0.1, 0.15) is 5.82 Å². The lowest BCUT2D eigenvalue weighted by molar-refractivity contribution is -0.126. The first-order chi connectivity index (χ1) is 12.5. The molecule has 1 saturated heterocycles. The lowest BCUT2D eigenvalue weighted by atomic mass is 9.70. The first kappa shape index (κ1) is 16.7. The summed E-state index contributed by atoms with van der Waals surface area (Å²) in [5, 5.41) is 8.77. The third-order valence-corrected chi connectivity index (χ3v) is 5.60. The highest BCUT2D eigenvalue weighted by Crippen LogP contribution is 2.45. The van der Waals surface area contributed by atoms with Crippen molar-refractivity contribution in [3.8, 4) is 0 Å². The third kappa shape index (κ3) is 2.66. The molecule has 0 bridgehead atoms. The van der Waals surface area contributed by atoms with E-state index in [1.54, 1.807) is 34.6 Å². The highest BCUT2D eigenvalue weighted by molar-refractivity contribution is 6.00. The zero-order chi connectivity index (χ0) is 18.3. The van der Waals surface area contributed by atoms with Crippen molar-refractivity contribution in [2.75, 3.05) is 11.4 Å². The van der Waals surface area contributed by atoms with Crippen molar-refractivity contribution in [1.82, 2.24) is 5.48 Å².